The third-order valence-electron chi connectivity index (χ3n) is 8.74. The van der Waals surface area contributed by atoms with Gasteiger partial charge in [0.2, 0.25) is 0 Å². The molecule has 0 bridgehead atoms. The molecule has 0 heterocycles. The van der Waals surface area contributed by atoms with Crippen LogP contribution in [-0.2, 0) is 0 Å². The first-order chi connectivity index (χ1) is 21.8. The van der Waals surface area contributed by atoms with Gasteiger partial charge in [-0.3, -0.25) is 0 Å². The van der Waals surface area contributed by atoms with Crippen molar-refractivity contribution in [3.63, 3.8) is 0 Å². The van der Waals surface area contributed by atoms with Gasteiger partial charge in [-0.05, 0) is 62.8 Å². The fourth-order valence-electron chi connectivity index (χ4n) is 6.25. The summed E-state index contributed by atoms with van der Waals surface area (Å²) in [5, 5.41) is 20.5. The van der Waals surface area contributed by atoms with Crippen LogP contribution in [0.2, 0.25) is 0 Å². The van der Waals surface area contributed by atoms with Crippen LogP contribution in [0.4, 0.5) is 0 Å². The highest BCUT2D eigenvalue weighted by molar-refractivity contribution is 8.00. The van der Waals surface area contributed by atoms with Crippen LogP contribution in [0.3, 0.4) is 0 Å². The number of aromatic carboxylic acids is 2. The minimum Gasteiger partial charge on any atom is -0.478 e. The van der Waals surface area contributed by atoms with Crippen LogP contribution in [0.5, 0.6) is 0 Å². The molecule has 252 valence electrons. The molecule has 0 saturated heterocycles. The Morgan fingerprint density at radius 3 is 1.31 bits per heavy atom. The van der Waals surface area contributed by atoms with E-state index < -0.39 is 11.9 Å². The number of hydrogen-bond acceptors (Lipinski definition) is 4. The van der Waals surface area contributed by atoms with E-state index in [1.807, 2.05) is 36.4 Å². The lowest BCUT2D eigenvalue weighted by atomic mass is 10.1. The number of unbranched alkanes of at least 4 members (excludes halogenated alkanes) is 8. The maximum Gasteiger partial charge on any atom is 0.336 e. The number of carboxylic acids is 2. The van der Waals surface area contributed by atoms with Gasteiger partial charge in [-0.1, -0.05) is 103 Å². The maximum atomic E-state index is 12.1. The molecule has 0 fully saturated rings. The van der Waals surface area contributed by atoms with Crippen LogP contribution in [-0.4, -0.2) is 63.3 Å². The molecule has 2 aromatic carbocycles. The Morgan fingerprint density at radius 1 is 0.578 bits per heavy atom. The highest BCUT2D eigenvalue weighted by atomic mass is 32.2. The minimum atomic E-state index is -0.861. The molecule has 0 spiro atoms. The molecular weight excluding hydrogens is 599 g/mol. The van der Waals surface area contributed by atoms with Crippen molar-refractivity contribution in [1.29, 1.82) is 0 Å². The van der Waals surface area contributed by atoms with Crippen molar-refractivity contribution in [2.45, 2.75) is 138 Å². The fraction of sp³-hybridized carbons (Fsp3) is 0.632. The van der Waals surface area contributed by atoms with Crippen molar-refractivity contribution in [3.05, 3.63) is 59.7 Å². The average molecular weight is 659 g/mol. The summed E-state index contributed by atoms with van der Waals surface area (Å²) in [5.41, 5.74) is 0.796. The number of carbonyl (C=O) groups is 2. The van der Waals surface area contributed by atoms with E-state index in [-0.39, 0.29) is 0 Å². The smallest absolute Gasteiger partial charge is 0.336 e. The second kappa shape index (κ2) is 22.5. The Kier molecular flexibility index (Phi) is 19.7. The van der Waals surface area contributed by atoms with Crippen molar-refractivity contribution in [2.24, 2.45) is 0 Å². The third kappa shape index (κ3) is 14.6. The topological polar surface area (TPSA) is 74.6 Å². The first-order valence-corrected chi connectivity index (χ1v) is 19.4. The Balaban J connectivity index is 2.54. The normalized spacial score (nSPS) is 13.1. The summed E-state index contributed by atoms with van der Waals surface area (Å²) in [4.78, 5) is 26.0. The summed E-state index contributed by atoms with van der Waals surface area (Å²) < 4.78 is 1.03. The quantitative estimate of drug-likeness (QED) is 0.0595. The molecule has 2 aromatic rings. The molecule has 7 heteroatoms. The molecule has 0 aromatic heterocycles. The summed E-state index contributed by atoms with van der Waals surface area (Å²) in [6, 6.07) is 15.0. The molecule has 2 N–H and O–H groups in total. The molecule has 2 atom stereocenters. The van der Waals surface area contributed by atoms with Crippen LogP contribution in [0, 0.1) is 0 Å². The Labute approximate surface area is 282 Å². The maximum absolute atomic E-state index is 12.1. The van der Waals surface area contributed by atoms with Gasteiger partial charge < -0.3 is 14.7 Å². The van der Waals surface area contributed by atoms with Crippen LogP contribution >= 0.6 is 23.5 Å². The Morgan fingerprint density at radius 2 is 0.956 bits per heavy atom. The first-order valence-electron chi connectivity index (χ1n) is 17.6. The lowest BCUT2D eigenvalue weighted by Gasteiger charge is -2.43. The number of benzene rings is 2. The molecule has 0 amide bonds. The molecule has 0 aliphatic rings. The molecule has 0 aliphatic carbocycles. The van der Waals surface area contributed by atoms with Gasteiger partial charge in [0.15, 0.2) is 0 Å². The predicted molar refractivity (Wildman–Crippen MR) is 193 cm³/mol. The second-order valence-corrected chi connectivity index (χ2v) is 15.3. The first kappa shape index (κ1) is 39.2. The third-order valence-corrected chi connectivity index (χ3v) is 11.4. The number of rotatable bonds is 26. The number of hydrogen-bond donors (Lipinski definition) is 2. The molecular formula is C38H60NO4S2+. The highest BCUT2D eigenvalue weighted by Gasteiger charge is 2.35. The molecule has 2 rings (SSSR count). The predicted octanol–water partition coefficient (Wildman–Crippen LogP) is 11.1. The number of nitrogens with zero attached hydrogens (tertiary/aromatic N) is 1. The zero-order valence-corrected chi connectivity index (χ0v) is 30.1. The zero-order valence-electron chi connectivity index (χ0n) is 28.5. The molecule has 0 saturated carbocycles. The lowest BCUT2D eigenvalue weighted by molar-refractivity contribution is -0.927. The van der Waals surface area contributed by atoms with Gasteiger partial charge in [0.1, 0.15) is 0 Å². The van der Waals surface area contributed by atoms with Crippen LogP contribution < -0.4 is 0 Å². The average Bonchev–Trinajstić information content (AvgIpc) is 3.03. The van der Waals surface area contributed by atoms with Crippen LogP contribution in [0.15, 0.2) is 58.3 Å². The molecule has 45 heavy (non-hydrogen) atoms. The second-order valence-electron chi connectivity index (χ2n) is 12.6. The highest BCUT2D eigenvalue weighted by Crippen LogP contribution is 2.36. The summed E-state index contributed by atoms with van der Waals surface area (Å²) in [6.45, 7) is 13.3. The van der Waals surface area contributed by atoms with E-state index in [1.165, 1.54) is 51.4 Å². The van der Waals surface area contributed by atoms with Crippen molar-refractivity contribution < 1.29 is 24.3 Å². The van der Waals surface area contributed by atoms with E-state index in [4.69, 9.17) is 0 Å². The van der Waals surface area contributed by atoms with Gasteiger partial charge in [0, 0.05) is 9.79 Å². The molecule has 0 aliphatic heterocycles. The number of thioether (sulfide) groups is 2. The van der Waals surface area contributed by atoms with E-state index >= 15 is 0 Å². The number of quaternary nitrogens is 1. The lowest BCUT2D eigenvalue weighted by Crippen LogP contribution is -2.56. The van der Waals surface area contributed by atoms with Gasteiger partial charge >= 0.3 is 11.9 Å². The van der Waals surface area contributed by atoms with Gasteiger partial charge in [-0.15, -0.1) is 23.5 Å². The van der Waals surface area contributed by atoms with E-state index in [0.717, 1.165) is 79.0 Å². The van der Waals surface area contributed by atoms with Crippen molar-refractivity contribution in [2.75, 3.05) is 26.2 Å². The van der Waals surface area contributed by atoms with Gasteiger partial charge in [0.05, 0.1) is 47.8 Å². The van der Waals surface area contributed by atoms with Crippen LogP contribution in [0.25, 0.3) is 0 Å². The molecule has 0 radical (unpaired) electrons. The van der Waals surface area contributed by atoms with E-state index in [2.05, 4.69) is 27.7 Å². The largest absolute Gasteiger partial charge is 0.478 e. The number of carboxylic acid groups (broad SMARTS) is 2. The minimum absolute atomic E-state index is 0.311. The summed E-state index contributed by atoms with van der Waals surface area (Å²) >= 11 is 3.54. The van der Waals surface area contributed by atoms with Crippen LogP contribution in [0.1, 0.15) is 138 Å². The summed E-state index contributed by atoms with van der Waals surface area (Å²) in [7, 11) is 0. The van der Waals surface area contributed by atoms with Crippen molar-refractivity contribution in [1.82, 2.24) is 0 Å². The zero-order chi connectivity index (χ0) is 32.9. The summed E-state index contributed by atoms with van der Waals surface area (Å²) in [5.74, 6) is -1.72. The monoisotopic (exact) mass is 658 g/mol. The fourth-order valence-corrected chi connectivity index (χ4v) is 9.20. The standard InChI is InChI=1S/C38H59NO4S2/c1-5-9-13-19-27-39(28-20-14-10-6-2,29-31(21-11-7-3)44-35-25-17-15-23-33(35)37(40)41)30-32(22-12-8-4)45-36-26-18-16-24-34(36)38(42)43/h15-18,23-26,31-32H,5-14,19-22,27-30H2,1-4H3,(H-,40,41,42,43)/p+1. The van der Waals surface area contributed by atoms with E-state index in [0.29, 0.717) is 21.6 Å². The summed E-state index contributed by atoms with van der Waals surface area (Å²) in [6.07, 6.45) is 16.4. The van der Waals surface area contributed by atoms with Gasteiger partial charge in [-0.2, -0.15) is 0 Å². The molecule has 2 unspecified atom stereocenters. The Bertz CT molecular complexity index is 1040. The van der Waals surface area contributed by atoms with Crippen molar-refractivity contribution >= 4 is 35.5 Å². The molecule has 5 nitrogen and oxygen atoms in total. The van der Waals surface area contributed by atoms with Crippen molar-refractivity contribution in [3.8, 4) is 0 Å². The van der Waals surface area contributed by atoms with Gasteiger partial charge in [0.25, 0.3) is 0 Å². The Hall–Kier alpha value is -1.96. The van der Waals surface area contributed by atoms with E-state index in [1.54, 1.807) is 35.7 Å². The SMILES string of the molecule is CCCCCC[N+](CCCCCC)(CC(CCCC)Sc1ccccc1C(=O)O)CC(CCCC)Sc1ccccc1C(=O)O. The van der Waals surface area contributed by atoms with Gasteiger partial charge in [-0.25, -0.2) is 9.59 Å². The van der Waals surface area contributed by atoms with E-state index in [9.17, 15) is 19.8 Å².